The van der Waals surface area contributed by atoms with Crippen molar-refractivity contribution in [3.05, 3.63) is 75.6 Å². The second-order valence-corrected chi connectivity index (χ2v) is 7.49. The third-order valence-corrected chi connectivity index (χ3v) is 5.29. The zero-order valence-corrected chi connectivity index (χ0v) is 16.2. The summed E-state index contributed by atoms with van der Waals surface area (Å²) in [4.78, 5) is 18.1. The van der Waals surface area contributed by atoms with E-state index in [1.54, 1.807) is 11.2 Å². The fraction of sp³-hybridized carbons (Fsp3) is 0.0556. The molecule has 4 rings (SSSR count). The van der Waals surface area contributed by atoms with Gasteiger partial charge in [-0.1, -0.05) is 34.1 Å². The van der Waals surface area contributed by atoms with Gasteiger partial charge < -0.3 is 0 Å². The van der Waals surface area contributed by atoms with Gasteiger partial charge in [0.2, 0.25) is 0 Å². The number of nitrogens with zero attached hydrogens (tertiary/aromatic N) is 4. The van der Waals surface area contributed by atoms with Gasteiger partial charge in [0.25, 0.3) is 5.56 Å². The lowest BCUT2D eigenvalue weighted by atomic mass is 10.3. The minimum Gasteiger partial charge on any atom is -0.286 e. The highest BCUT2D eigenvalue weighted by atomic mass is 79.9. The SMILES string of the molecule is CN1NC(=Nc2ccc(Br)cc2)Sc2c1cnn(-c1ccccc1)c2=O. The quantitative estimate of drug-likeness (QED) is 0.674. The molecule has 130 valence electrons. The van der Waals surface area contributed by atoms with Crippen LogP contribution >= 0.6 is 27.7 Å². The maximum absolute atomic E-state index is 13.0. The van der Waals surface area contributed by atoms with Crippen molar-refractivity contribution < 1.29 is 0 Å². The maximum atomic E-state index is 13.0. The predicted molar refractivity (Wildman–Crippen MR) is 108 cm³/mol. The van der Waals surface area contributed by atoms with E-state index < -0.39 is 0 Å². The number of benzene rings is 2. The summed E-state index contributed by atoms with van der Waals surface area (Å²) in [5, 5.41) is 6.68. The molecule has 0 fully saturated rings. The first-order valence-electron chi connectivity index (χ1n) is 7.82. The van der Waals surface area contributed by atoms with Crippen LogP contribution in [0.3, 0.4) is 0 Å². The lowest BCUT2D eigenvalue weighted by Gasteiger charge is -2.28. The number of rotatable bonds is 2. The van der Waals surface area contributed by atoms with Gasteiger partial charge in [0.15, 0.2) is 5.17 Å². The first kappa shape index (κ1) is 16.9. The van der Waals surface area contributed by atoms with E-state index in [1.165, 1.54) is 16.4 Å². The molecule has 0 aliphatic carbocycles. The first-order valence-corrected chi connectivity index (χ1v) is 9.43. The van der Waals surface area contributed by atoms with Gasteiger partial charge in [-0.3, -0.25) is 15.2 Å². The lowest BCUT2D eigenvalue weighted by Crippen LogP contribution is -2.43. The molecule has 3 aromatic rings. The molecule has 0 saturated heterocycles. The summed E-state index contributed by atoms with van der Waals surface area (Å²) in [5.41, 5.74) is 5.26. The Morgan fingerprint density at radius 3 is 2.58 bits per heavy atom. The predicted octanol–water partition coefficient (Wildman–Crippen LogP) is 3.73. The van der Waals surface area contributed by atoms with Gasteiger partial charge >= 0.3 is 0 Å². The summed E-state index contributed by atoms with van der Waals surface area (Å²) in [6.45, 7) is 0. The molecule has 26 heavy (non-hydrogen) atoms. The average Bonchev–Trinajstić information content (AvgIpc) is 2.65. The molecule has 1 aromatic heterocycles. The van der Waals surface area contributed by atoms with Crippen molar-refractivity contribution >= 4 is 44.2 Å². The van der Waals surface area contributed by atoms with Crippen LogP contribution in [0.15, 0.2) is 79.9 Å². The van der Waals surface area contributed by atoms with Crippen LogP contribution in [0.5, 0.6) is 0 Å². The summed E-state index contributed by atoms with van der Waals surface area (Å²) in [7, 11) is 1.84. The monoisotopic (exact) mass is 427 g/mol. The van der Waals surface area contributed by atoms with Crippen LogP contribution in [0.4, 0.5) is 11.4 Å². The summed E-state index contributed by atoms with van der Waals surface area (Å²) < 4.78 is 2.40. The van der Waals surface area contributed by atoms with Gasteiger partial charge in [-0.15, -0.1) is 0 Å². The van der Waals surface area contributed by atoms with Crippen molar-refractivity contribution in [3.8, 4) is 5.69 Å². The highest BCUT2D eigenvalue weighted by Crippen LogP contribution is 2.31. The Hall–Kier alpha value is -2.58. The Morgan fingerprint density at radius 2 is 1.85 bits per heavy atom. The molecule has 6 nitrogen and oxygen atoms in total. The topological polar surface area (TPSA) is 62.5 Å². The number of fused-ring (bicyclic) bond motifs is 1. The largest absolute Gasteiger partial charge is 0.287 e. The molecule has 0 amide bonds. The number of hydrazine groups is 1. The number of para-hydroxylation sites is 1. The van der Waals surface area contributed by atoms with Gasteiger partial charge in [0.05, 0.1) is 23.3 Å². The molecule has 0 unspecified atom stereocenters. The summed E-state index contributed by atoms with van der Waals surface area (Å²) in [6, 6.07) is 17.0. The first-order chi connectivity index (χ1) is 12.6. The molecule has 0 bridgehead atoms. The highest BCUT2D eigenvalue weighted by molar-refractivity contribution is 9.10. The van der Waals surface area contributed by atoms with Gasteiger partial charge in [-0.05, 0) is 48.2 Å². The molecule has 1 N–H and O–H groups in total. The Kier molecular flexibility index (Phi) is 4.52. The lowest BCUT2D eigenvalue weighted by molar-refractivity contribution is 0.756. The van der Waals surface area contributed by atoms with Crippen molar-refractivity contribution in [1.29, 1.82) is 0 Å². The smallest absolute Gasteiger partial charge is 0.286 e. The van der Waals surface area contributed by atoms with E-state index in [4.69, 9.17) is 0 Å². The Bertz CT molecular complexity index is 1030. The Balaban J connectivity index is 1.75. The maximum Gasteiger partial charge on any atom is 0.287 e. The zero-order valence-electron chi connectivity index (χ0n) is 13.8. The Morgan fingerprint density at radius 1 is 1.12 bits per heavy atom. The summed E-state index contributed by atoms with van der Waals surface area (Å²) >= 11 is 4.72. The molecular formula is C18H14BrN5OS. The number of nitrogens with one attached hydrogen (secondary N) is 1. The summed E-state index contributed by atoms with van der Waals surface area (Å²) in [5.74, 6) is 0. The van der Waals surface area contributed by atoms with Crippen molar-refractivity contribution in [1.82, 2.24) is 15.2 Å². The molecule has 0 saturated carbocycles. The highest BCUT2D eigenvalue weighted by Gasteiger charge is 2.24. The number of hydrogen-bond donors (Lipinski definition) is 1. The standard InChI is InChI=1S/C18H14BrN5OS/c1-23-15-11-20-24(14-5-3-2-4-6-14)17(25)16(15)26-18(22-23)21-13-9-7-12(19)8-10-13/h2-11H,1H3,(H,21,22). The van der Waals surface area contributed by atoms with Gasteiger partial charge in [-0.2, -0.15) is 9.78 Å². The fourth-order valence-electron chi connectivity index (χ4n) is 2.52. The van der Waals surface area contributed by atoms with Crippen molar-refractivity contribution in [3.63, 3.8) is 0 Å². The van der Waals surface area contributed by atoms with Crippen LogP contribution < -0.4 is 16.0 Å². The van der Waals surface area contributed by atoms with E-state index in [0.29, 0.717) is 10.1 Å². The van der Waals surface area contributed by atoms with Crippen LogP contribution in [0.2, 0.25) is 0 Å². The fourth-order valence-corrected chi connectivity index (χ4v) is 3.78. The van der Waals surface area contributed by atoms with E-state index >= 15 is 0 Å². The molecule has 0 radical (unpaired) electrons. The number of anilines is 1. The molecule has 1 aliphatic heterocycles. The van der Waals surface area contributed by atoms with E-state index in [2.05, 4.69) is 31.4 Å². The molecular weight excluding hydrogens is 414 g/mol. The molecule has 2 aromatic carbocycles. The van der Waals surface area contributed by atoms with E-state index in [-0.39, 0.29) is 5.56 Å². The third kappa shape index (κ3) is 3.25. The van der Waals surface area contributed by atoms with E-state index in [0.717, 1.165) is 21.5 Å². The number of halogens is 1. The number of amidine groups is 1. The minimum atomic E-state index is -0.171. The van der Waals surface area contributed by atoms with Crippen LogP contribution in [-0.4, -0.2) is 22.0 Å². The van der Waals surface area contributed by atoms with E-state index in [9.17, 15) is 4.79 Å². The second-order valence-electron chi connectivity index (χ2n) is 5.58. The van der Waals surface area contributed by atoms with Crippen molar-refractivity contribution in [2.75, 3.05) is 12.1 Å². The average molecular weight is 428 g/mol. The molecule has 0 atom stereocenters. The van der Waals surface area contributed by atoms with Crippen LogP contribution in [0.25, 0.3) is 5.69 Å². The number of thioether (sulfide) groups is 1. The molecule has 1 aliphatic rings. The van der Waals surface area contributed by atoms with Crippen LogP contribution in [0.1, 0.15) is 0 Å². The second kappa shape index (κ2) is 6.97. The number of aromatic nitrogens is 2. The van der Waals surface area contributed by atoms with Gasteiger partial charge in [-0.25, -0.2) is 4.99 Å². The molecule has 2 heterocycles. The van der Waals surface area contributed by atoms with Crippen LogP contribution in [0, 0.1) is 0 Å². The number of aliphatic imine (C=N–C) groups is 1. The summed E-state index contributed by atoms with van der Waals surface area (Å²) in [6.07, 6.45) is 1.68. The van der Waals surface area contributed by atoms with Crippen LogP contribution in [-0.2, 0) is 0 Å². The van der Waals surface area contributed by atoms with Crippen molar-refractivity contribution in [2.24, 2.45) is 4.99 Å². The molecule has 0 spiro atoms. The normalized spacial score (nSPS) is 14.8. The Labute approximate surface area is 162 Å². The zero-order chi connectivity index (χ0) is 18.1. The third-order valence-electron chi connectivity index (χ3n) is 3.80. The van der Waals surface area contributed by atoms with Gasteiger partial charge in [0, 0.05) is 11.5 Å². The van der Waals surface area contributed by atoms with E-state index in [1.807, 2.05) is 61.6 Å². The minimum absolute atomic E-state index is 0.171. The van der Waals surface area contributed by atoms with Crippen molar-refractivity contribution in [2.45, 2.75) is 4.90 Å². The molecule has 8 heteroatoms. The van der Waals surface area contributed by atoms with Gasteiger partial charge in [0.1, 0.15) is 4.90 Å². The number of hydrogen-bond acceptors (Lipinski definition) is 5.